The molecule has 2 aromatic rings. The molecule has 27 heavy (non-hydrogen) atoms. The molecule has 0 fully saturated rings. The van der Waals surface area contributed by atoms with Crippen LogP contribution in [-0.2, 0) is 0 Å². The molecular formula is C21H31N5O. The zero-order valence-electron chi connectivity index (χ0n) is 16.5. The van der Waals surface area contributed by atoms with E-state index < -0.39 is 0 Å². The number of guanidine groups is 1. The highest BCUT2D eigenvalue weighted by atomic mass is 16.5. The largest absolute Gasteiger partial charge is 0.489 e. The zero-order valence-corrected chi connectivity index (χ0v) is 16.5. The highest BCUT2D eigenvalue weighted by Crippen LogP contribution is 2.13. The Labute approximate surface area is 162 Å². The van der Waals surface area contributed by atoms with E-state index in [1.54, 1.807) is 13.2 Å². The summed E-state index contributed by atoms with van der Waals surface area (Å²) in [7, 11) is 1.78. The van der Waals surface area contributed by atoms with Gasteiger partial charge in [-0.2, -0.15) is 0 Å². The molecule has 0 bridgehead atoms. The van der Waals surface area contributed by atoms with Gasteiger partial charge in [0.15, 0.2) is 5.96 Å². The van der Waals surface area contributed by atoms with E-state index in [1.807, 2.05) is 43.3 Å². The molecular weight excluding hydrogens is 338 g/mol. The molecule has 0 radical (unpaired) electrons. The SMILES string of the molecule is CN=C(NCCCCNc1ccccn1)NCC(C)Oc1cccc(C)c1. The van der Waals surface area contributed by atoms with E-state index in [0.29, 0.717) is 6.54 Å². The molecule has 0 saturated heterocycles. The molecule has 1 atom stereocenters. The maximum absolute atomic E-state index is 5.93. The number of nitrogens with zero attached hydrogens (tertiary/aromatic N) is 2. The maximum atomic E-state index is 5.93. The predicted molar refractivity (Wildman–Crippen MR) is 113 cm³/mol. The molecule has 0 aliphatic carbocycles. The van der Waals surface area contributed by atoms with Crippen LogP contribution in [0.25, 0.3) is 0 Å². The molecule has 1 aromatic heterocycles. The number of hydrogen-bond acceptors (Lipinski definition) is 4. The van der Waals surface area contributed by atoms with Gasteiger partial charge in [0.25, 0.3) is 0 Å². The average Bonchev–Trinajstić information content (AvgIpc) is 2.67. The molecule has 1 heterocycles. The molecule has 1 aromatic carbocycles. The van der Waals surface area contributed by atoms with Crippen LogP contribution in [0, 0.1) is 6.92 Å². The molecule has 6 nitrogen and oxygen atoms in total. The maximum Gasteiger partial charge on any atom is 0.191 e. The molecule has 0 saturated carbocycles. The Hall–Kier alpha value is -2.76. The van der Waals surface area contributed by atoms with E-state index in [2.05, 4.69) is 38.9 Å². The normalized spacial score (nSPS) is 12.3. The topological polar surface area (TPSA) is 70.6 Å². The summed E-state index contributed by atoms with van der Waals surface area (Å²) >= 11 is 0. The van der Waals surface area contributed by atoms with Gasteiger partial charge in [0.2, 0.25) is 0 Å². The van der Waals surface area contributed by atoms with Crippen molar-refractivity contribution in [1.29, 1.82) is 0 Å². The Kier molecular flexibility index (Phi) is 8.96. The lowest BCUT2D eigenvalue weighted by atomic mass is 10.2. The molecule has 146 valence electrons. The molecule has 3 N–H and O–H groups in total. The second kappa shape index (κ2) is 11.8. The third-order valence-corrected chi connectivity index (χ3v) is 3.97. The highest BCUT2D eigenvalue weighted by molar-refractivity contribution is 5.79. The summed E-state index contributed by atoms with van der Waals surface area (Å²) in [5, 5.41) is 9.96. The van der Waals surface area contributed by atoms with Gasteiger partial charge in [-0.25, -0.2) is 4.98 Å². The summed E-state index contributed by atoms with van der Waals surface area (Å²) in [6, 6.07) is 14.0. The first kappa shape index (κ1) is 20.6. The van der Waals surface area contributed by atoms with E-state index in [4.69, 9.17) is 4.74 Å². The number of aryl methyl sites for hydroxylation is 1. The van der Waals surface area contributed by atoms with Crippen molar-refractivity contribution in [2.75, 3.05) is 32.0 Å². The first-order valence-corrected chi connectivity index (χ1v) is 9.50. The van der Waals surface area contributed by atoms with Gasteiger partial charge in [0.05, 0.1) is 6.54 Å². The molecule has 0 aliphatic rings. The van der Waals surface area contributed by atoms with Crippen LogP contribution < -0.4 is 20.7 Å². The fraction of sp³-hybridized carbons (Fsp3) is 0.429. The second-order valence-corrected chi connectivity index (χ2v) is 6.47. The number of pyridine rings is 1. The number of hydrogen-bond donors (Lipinski definition) is 3. The lowest BCUT2D eigenvalue weighted by Crippen LogP contribution is -2.42. The Balaban J connectivity index is 1.57. The lowest BCUT2D eigenvalue weighted by molar-refractivity contribution is 0.223. The Morgan fingerprint density at radius 3 is 2.70 bits per heavy atom. The first-order valence-electron chi connectivity index (χ1n) is 9.50. The third kappa shape index (κ3) is 8.44. The fourth-order valence-electron chi connectivity index (χ4n) is 2.56. The molecule has 1 unspecified atom stereocenters. The van der Waals surface area contributed by atoms with Crippen molar-refractivity contribution < 1.29 is 4.74 Å². The Morgan fingerprint density at radius 1 is 1.11 bits per heavy atom. The number of rotatable bonds is 10. The summed E-state index contributed by atoms with van der Waals surface area (Å²) in [6.45, 7) is 6.58. The van der Waals surface area contributed by atoms with Gasteiger partial charge in [-0.15, -0.1) is 0 Å². The van der Waals surface area contributed by atoms with Crippen LogP contribution in [0.4, 0.5) is 5.82 Å². The van der Waals surface area contributed by atoms with Gasteiger partial charge in [0, 0.05) is 26.3 Å². The van der Waals surface area contributed by atoms with Crippen molar-refractivity contribution in [1.82, 2.24) is 15.6 Å². The predicted octanol–water partition coefficient (Wildman–Crippen LogP) is 3.21. The fourth-order valence-corrected chi connectivity index (χ4v) is 2.56. The van der Waals surface area contributed by atoms with E-state index in [1.165, 1.54) is 5.56 Å². The van der Waals surface area contributed by atoms with Crippen molar-refractivity contribution in [2.24, 2.45) is 4.99 Å². The number of aromatic nitrogens is 1. The van der Waals surface area contributed by atoms with Gasteiger partial charge >= 0.3 is 0 Å². The van der Waals surface area contributed by atoms with Crippen molar-refractivity contribution in [3.05, 3.63) is 54.2 Å². The minimum atomic E-state index is 0.0490. The average molecular weight is 370 g/mol. The van der Waals surface area contributed by atoms with Gasteiger partial charge in [0.1, 0.15) is 17.7 Å². The standard InChI is InChI=1S/C21H31N5O/c1-17-9-8-10-19(15-17)27-18(2)16-26-21(22-3)25-14-7-6-13-24-20-11-4-5-12-23-20/h4-5,8-12,15,18H,6-7,13-14,16H2,1-3H3,(H,23,24)(H2,22,25,26). The zero-order chi connectivity index (χ0) is 19.3. The van der Waals surface area contributed by atoms with Crippen LogP contribution in [0.2, 0.25) is 0 Å². The van der Waals surface area contributed by atoms with Crippen molar-refractivity contribution in [3.63, 3.8) is 0 Å². The van der Waals surface area contributed by atoms with Crippen LogP contribution in [0.5, 0.6) is 5.75 Å². The van der Waals surface area contributed by atoms with E-state index in [9.17, 15) is 0 Å². The molecule has 0 spiro atoms. The van der Waals surface area contributed by atoms with Crippen molar-refractivity contribution >= 4 is 11.8 Å². The van der Waals surface area contributed by atoms with Gasteiger partial charge in [-0.05, 0) is 56.5 Å². The number of unbranched alkanes of at least 4 members (excludes halogenated alkanes) is 1. The van der Waals surface area contributed by atoms with Gasteiger partial charge in [-0.3, -0.25) is 4.99 Å². The van der Waals surface area contributed by atoms with E-state index in [0.717, 1.165) is 43.5 Å². The van der Waals surface area contributed by atoms with Crippen molar-refractivity contribution in [3.8, 4) is 5.75 Å². The van der Waals surface area contributed by atoms with E-state index >= 15 is 0 Å². The number of anilines is 1. The lowest BCUT2D eigenvalue weighted by Gasteiger charge is -2.18. The highest BCUT2D eigenvalue weighted by Gasteiger charge is 2.05. The van der Waals surface area contributed by atoms with Gasteiger partial charge < -0.3 is 20.7 Å². The van der Waals surface area contributed by atoms with Crippen LogP contribution in [-0.4, -0.2) is 43.7 Å². The molecule has 6 heteroatoms. The molecule has 0 aliphatic heterocycles. The van der Waals surface area contributed by atoms with Gasteiger partial charge in [-0.1, -0.05) is 18.2 Å². The Bertz CT molecular complexity index is 690. The van der Waals surface area contributed by atoms with Crippen LogP contribution in [0.3, 0.4) is 0 Å². The number of nitrogens with one attached hydrogen (secondary N) is 3. The van der Waals surface area contributed by atoms with Crippen LogP contribution in [0.1, 0.15) is 25.3 Å². The summed E-state index contributed by atoms with van der Waals surface area (Å²) in [4.78, 5) is 8.51. The molecule has 2 rings (SSSR count). The molecule has 0 amide bonds. The summed E-state index contributed by atoms with van der Waals surface area (Å²) in [6.07, 6.45) is 3.96. The second-order valence-electron chi connectivity index (χ2n) is 6.47. The quantitative estimate of drug-likeness (QED) is 0.341. The third-order valence-electron chi connectivity index (χ3n) is 3.97. The van der Waals surface area contributed by atoms with Crippen LogP contribution in [0.15, 0.2) is 53.7 Å². The monoisotopic (exact) mass is 369 g/mol. The number of aliphatic imine (C=N–C) groups is 1. The summed E-state index contributed by atoms with van der Waals surface area (Å²) in [5.74, 6) is 2.62. The van der Waals surface area contributed by atoms with Crippen molar-refractivity contribution in [2.45, 2.75) is 32.8 Å². The first-order chi connectivity index (χ1) is 13.2. The smallest absolute Gasteiger partial charge is 0.191 e. The summed E-state index contributed by atoms with van der Waals surface area (Å²) < 4.78 is 5.93. The Morgan fingerprint density at radius 2 is 1.96 bits per heavy atom. The number of ether oxygens (including phenoxy) is 1. The number of benzene rings is 1. The van der Waals surface area contributed by atoms with Crippen LogP contribution >= 0.6 is 0 Å². The minimum absolute atomic E-state index is 0.0490. The minimum Gasteiger partial charge on any atom is -0.489 e. The summed E-state index contributed by atoms with van der Waals surface area (Å²) in [5.41, 5.74) is 1.20. The van der Waals surface area contributed by atoms with E-state index in [-0.39, 0.29) is 6.10 Å².